The maximum atomic E-state index is 12.7. The third-order valence-electron chi connectivity index (χ3n) is 7.08. The quantitative estimate of drug-likeness (QED) is 0.844. The van der Waals surface area contributed by atoms with Gasteiger partial charge in [-0.3, -0.25) is 4.79 Å². The van der Waals surface area contributed by atoms with Crippen molar-refractivity contribution >= 4 is 11.6 Å². The molecule has 2 aliphatic heterocycles. The van der Waals surface area contributed by atoms with Crippen molar-refractivity contribution < 1.29 is 4.79 Å². The molecule has 0 radical (unpaired) electrons. The van der Waals surface area contributed by atoms with Gasteiger partial charge < -0.3 is 10.2 Å². The van der Waals surface area contributed by atoms with Crippen molar-refractivity contribution in [2.45, 2.75) is 37.5 Å². The highest BCUT2D eigenvalue weighted by atomic mass is 16.2. The van der Waals surface area contributed by atoms with Gasteiger partial charge in [-0.1, -0.05) is 30.4 Å². The number of rotatable bonds is 2. The Morgan fingerprint density at radius 1 is 1.21 bits per heavy atom. The maximum Gasteiger partial charge on any atom is 0.235 e. The smallest absolute Gasteiger partial charge is 0.235 e. The molecule has 3 heteroatoms. The van der Waals surface area contributed by atoms with Crippen LogP contribution in [0.2, 0.25) is 0 Å². The molecule has 3 unspecified atom stereocenters. The second-order valence-electron chi connectivity index (χ2n) is 8.22. The fourth-order valence-corrected chi connectivity index (χ4v) is 5.60. The molecule has 24 heavy (non-hydrogen) atoms. The van der Waals surface area contributed by atoms with E-state index in [1.54, 1.807) is 0 Å². The summed E-state index contributed by atoms with van der Waals surface area (Å²) in [6.07, 6.45) is 10.9. The second-order valence-corrected chi connectivity index (χ2v) is 8.22. The van der Waals surface area contributed by atoms with E-state index < -0.39 is 0 Å². The van der Waals surface area contributed by atoms with Crippen LogP contribution in [0.25, 0.3) is 0 Å². The van der Waals surface area contributed by atoms with E-state index in [0.717, 1.165) is 49.4 Å². The van der Waals surface area contributed by atoms with E-state index >= 15 is 0 Å². The van der Waals surface area contributed by atoms with Crippen molar-refractivity contribution in [1.82, 2.24) is 4.90 Å². The lowest BCUT2D eigenvalue weighted by Gasteiger charge is -2.48. The van der Waals surface area contributed by atoms with Crippen molar-refractivity contribution in [1.29, 1.82) is 0 Å². The lowest BCUT2D eigenvalue weighted by atomic mass is 9.61. The van der Waals surface area contributed by atoms with Gasteiger partial charge in [0.05, 0.1) is 5.41 Å². The SMILES string of the molecule is O=C1Nc2ccccc2C12CCN(CC1CC3CCC=CC31)CC2. The van der Waals surface area contributed by atoms with Gasteiger partial charge in [0.2, 0.25) is 5.91 Å². The predicted octanol–water partition coefficient (Wildman–Crippen LogP) is 3.57. The zero-order valence-corrected chi connectivity index (χ0v) is 14.2. The van der Waals surface area contributed by atoms with E-state index in [4.69, 9.17) is 0 Å². The molecule has 0 aromatic heterocycles. The van der Waals surface area contributed by atoms with E-state index in [1.807, 2.05) is 12.1 Å². The fourth-order valence-electron chi connectivity index (χ4n) is 5.60. The second kappa shape index (κ2) is 5.45. The summed E-state index contributed by atoms with van der Waals surface area (Å²) in [5.74, 6) is 2.88. The number of carbonyl (C=O) groups excluding carboxylic acids is 1. The molecule has 1 aromatic carbocycles. The largest absolute Gasteiger partial charge is 0.325 e. The molecule has 1 aromatic rings. The summed E-state index contributed by atoms with van der Waals surface area (Å²) in [5.41, 5.74) is 2.00. The van der Waals surface area contributed by atoms with Gasteiger partial charge in [0.1, 0.15) is 0 Å². The minimum absolute atomic E-state index is 0.224. The Kier molecular flexibility index (Phi) is 3.34. The summed E-state index contributed by atoms with van der Waals surface area (Å²) < 4.78 is 0. The number of allylic oxidation sites excluding steroid dienone is 2. The average molecular weight is 322 g/mol. The van der Waals surface area contributed by atoms with Crippen LogP contribution in [-0.2, 0) is 10.2 Å². The van der Waals surface area contributed by atoms with Gasteiger partial charge in [-0.25, -0.2) is 0 Å². The van der Waals surface area contributed by atoms with E-state index in [-0.39, 0.29) is 11.3 Å². The Bertz CT molecular complexity index is 687. The maximum absolute atomic E-state index is 12.7. The number of nitrogens with one attached hydrogen (secondary N) is 1. The highest BCUT2D eigenvalue weighted by Gasteiger charge is 2.49. The van der Waals surface area contributed by atoms with Crippen LogP contribution in [0.5, 0.6) is 0 Å². The number of carbonyl (C=O) groups is 1. The molecule has 3 nitrogen and oxygen atoms in total. The highest BCUT2D eigenvalue weighted by Crippen LogP contribution is 2.48. The molecule has 1 amide bonds. The van der Waals surface area contributed by atoms with Crippen LogP contribution in [-0.4, -0.2) is 30.4 Å². The first-order chi connectivity index (χ1) is 11.8. The number of likely N-dealkylation sites (tertiary alicyclic amines) is 1. The monoisotopic (exact) mass is 322 g/mol. The summed E-state index contributed by atoms with van der Waals surface area (Å²) in [4.78, 5) is 15.3. The minimum atomic E-state index is -0.264. The molecule has 126 valence electrons. The van der Waals surface area contributed by atoms with Gasteiger partial charge in [-0.2, -0.15) is 0 Å². The third-order valence-corrected chi connectivity index (χ3v) is 7.08. The minimum Gasteiger partial charge on any atom is -0.325 e. The van der Waals surface area contributed by atoms with E-state index in [0.29, 0.717) is 0 Å². The summed E-state index contributed by atoms with van der Waals surface area (Å²) in [7, 11) is 0. The topological polar surface area (TPSA) is 32.3 Å². The van der Waals surface area contributed by atoms with Crippen molar-refractivity contribution in [3.63, 3.8) is 0 Å². The van der Waals surface area contributed by atoms with Crippen molar-refractivity contribution in [2.75, 3.05) is 25.0 Å². The number of nitrogens with zero attached hydrogens (tertiary/aromatic N) is 1. The number of para-hydroxylation sites is 1. The Hall–Kier alpha value is -1.61. The number of hydrogen-bond acceptors (Lipinski definition) is 2. The van der Waals surface area contributed by atoms with E-state index in [1.165, 1.54) is 31.4 Å². The van der Waals surface area contributed by atoms with E-state index in [2.05, 4.69) is 34.5 Å². The van der Waals surface area contributed by atoms with Crippen LogP contribution >= 0.6 is 0 Å². The molecule has 1 saturated carbocycles. The number of fused-ring (bicyclic) bond motifs is 3. The molecule has 4 aliphatic rings. The fraction of sp³-hybridized carbons (Fsp3) is 0.571. The van der Waals surface area contributed by atoms with Gasteiger partial charge >= 0.3 is 0 Å². The standard InChI is InChI=1S/C21H26N2O/c24-20-21(18-7-3-4-8-19(18)22-20)9-11-23(12-10-21)14-16-13-15-5-1-2-6-17(15)16/h2-4,6-8,15-17H,1,5,9-14H2,(H,22,24). The molecule has 0 bridgehead atoms. The number of benzene rings is 1. The third kappa shape index (κ3) is 2.10. The molecule has 3 atom stereocenters. The van der Waals surface area contributed by atoms with Crippen LogP contribution in [0.3, 0.4) is 0 Å². The average Bonchev–Trinajstić information content (AvgIpc) is 2.87. The molecule has 2 heterocycles. The Balaban J connectivity index is 1.26. The number of piperidine rings is 1. The highest BCUT2D eigenvalue weighted by molar-refractivity contribution is 6.06. The Labute approximate surface area is 144 Å². The molecule has 5 rings (SSSR count). The van der Waals surface area contributed by atoms with Crippen molar-refractivity contribution in [2.24, 2.45) is 17.8 Å². The molecule has 2 fully saturated rings. The van der Waals surface area contributed by atoms with Crippen molar-refractivity contribution in [3.05, 3.63) is 42.0 Å². The summed E-state index contributed by atoms with van der Waals surface area (Å²) in [6, 6.07) is 8.26. The molecular weight excluding hydrogens is 296 g/mol. The normalized spacial score (nSPS) is 33.7. The van der Waals surface area contributed by atoms with Crippen LogP contribution in [0, 0.1) is 17.8 Å². The van der Waals surface area contributed by atoms with Crippen molar-refractivity contribution in [3.8, 4) is 0 Å². The summed E-state index contributed by atoms with van der Waals surface area (Å²) in [6.45, 7) is 3.34. The number of hydrogen-bond donors (Lipinski definition) is 1. The lowest BCUT2D eigenvalue weighted by molar-refractivity contribution is -0.122. The number of anilines is 1. The molecule has 1 saturated heterocycles. The van der Waals surface area contributed by atoms with Crippen LogP contribution in [0.15, 0.2) is 36.4 Å². The lowest BCUT2D eigenvalue weighted by Crippen LogP contribution is -2.50. The van der Waals surface area contributed by atoms with Gasteiger partial charge in [0.15, 0.2) is 0 Å². The van der Waals surface area contributed by atoms with Gasteiger partial charge in [0.25, 0.3) is 0 Å². The molecule has 1 spiro atoms. The summed E-state index contributed by atoms with van der Waals surface area (Å²) in [5, 5.41) is 3.11. The predicted molar refractivity (Wildman–Crippen MR) is 95.9 cm³/mol. The first-order valence-electron chi connectivity index (χ1n) is 9.56. The van der Waals surface area contributed by atoms with Crippen LogP contribution in [0.4, 0.5) is 5.69 Å². The van der Waals surface area contributed by atoms with E-state index in [9.17, 15) is 4.79 Å². The van der Waals surface area contributed by atoms with Crippen LogP contribution < -0.4 is 5.32 Å². The van der Waals surface area contributed by atoms with Gasteiger partial charge in [0, 0.05) is 12.2 Å². The Morgan fingerprint density at radius 2 is 2.04 bits per heavy atom. The molecule has 1 N–H and O–H groups in total. The number of amides is 1. The Morgan fingerprint density at radius 3 is 2.88 bits per heavy atom. The van der Waals surface area contributed by atoms with Gasteiger partial charge in [-0.05, 0) is 74.6 Å². The first kappa shape index (κ1) is 14.7. The van der Waals surface area contributed by atoms with Crippen LogP contribution in [0.1, 0.15) is 37.7 Å². The molecular formula is C21H26N2O. The van der Waals surface area contributed by atoms with Gasteiger partial charge in [-0.15, -0.1) is 0 Å². The zero-order valence-electron chi connectivity index (χ0n) is 14.2. The zero-order chi connectivity index (χ0) is 16.1. The first-order valence-corrected chi connectivity index (χ1v) is 9.56. The summed E-state index contributed by atoms with van der Waals surface area (Å²) >= 11 is 0. The molecule has 2 aliphatic carbocycles.